The van der Waals surface area contributed by atoms with Gasteiger partial charge in [0.05, 0.1) is 0 Å². The van der Waals surface area contributed by atoms with Crippen LogP contribution in [0.4, 0.5) is 0 Å². The van der Waals surface area contributed by atoms with E-state index in [0.717, 1.165) is 15.7 Å². The molecule has 0 spiro atoms. The third-order valence-corrected chi connectivity index (χ3v) is 2.73. The van der Waals surface area contributed by atoms with Gasteiger partial charge >= 0.3 is 0 Å². The SMILES string of the molecule is Cc1cccc(C(=O)C=Cc2cncc(Br)c2)n1. The summed E-state index contributed by atoms with van der Waals surface area (Å²) in [5.41, 5.74) is 2.15. The van der Waals surface area contributed by atoms with E-state index >= 15 is 0 Å². The highest BCUT2D eigenvalue weighted by atomic mass is 79.9. The van der Waals surface area contributed by atoms with Crippen molar-refractivity contribution in [3.63, 3.8) is 0 Å². The molecule has 90 valence electrons. The van der Waals surface area contributed by atoms with Gasteiger partial charge < -0.3 is 0 Å². The smallest absolute Gasteiger partial charge is 0.204 e. The van der Waals surface area contributed by atoms with Crippen LogP contribution >= 0.6 is 15.9 Å². The number of pyridine rings is 2. The molecule has 0 bridgehead atoms. The van der Waals surface area contributed by atoms with Crippen molar-refractivity contribution in [2.75, 3.05) is 0 Å². The summed E-state index contributed by atoms with van der Waals surface area (Å²) in [5.74, 6) is -0.112. The normalized spacial score (nSPS) is 10.8. The number of carbonyl (C=O) groups excluding carboxylic acids is 1. The van der Waals surface area contributed by atoms with E-state index in [0.29, 0.717) is 5.69 Å². The van der Waals surface area contributed by atoms with Crippen LogP contribution in [0, 0.1) is 6.92 Å². The van der Waals surface area contributed by atoms with Gasteiger partial charge in [-0.2, -0.15) is 0 Å². The standard InChI is InChI=1S/C14H11BrN2O/c1-10-3-2-4-13(17-10)14(18)6-5-11-7-12(15)9-16-8-11/h2-9H,1H3. The molecule has 0 aliphatic carbocycles. The topological polar surface area (TPSA) is 42.9 Å². The second-order valence-electron chi connectivity index (χ2n) is 3.80. The van der Waals surface area contributed by atoms with Gasteiger partial charge in [-0.1, -0.05) is 6.07 Å². The lowest BCUT2D eigenvalue weighted by molar-refractivity contribution is 0.104. The molecule has 18 heavy (non-hydrogen) atoms. The van der Waals surface area contributed by atoms with E-state index in [4.69, 9.17) is 0 Å². The average molecular weight is 303 g/mol. The quantitative estimate of drug-likeness (QED) is 0.644. The largest absolute Gasteiger partial charge is 0.288 e. The first kappa shape index (κ1) is 12.6. The molecule has 0 fully saturated rings. The van der Waals surface area contributed by atoms with Gasteiger partial charge in [-0.05, 0) is 58.8 Å². The number of hydrogen-bond acceptors (Lipinski definition) is 3. The molecule has 2 heterocycles. The Morgan fingerprint density at radius 3 is 2.89 bits per heavy atom. The van der Waals surface area contributed by atoms with Gasteiger partial charge in [0.15, 0.2) is 0 Å². The van der Waals surface area contributed by atoms with Crippen LogP contribution in [0.1, 0.15) is 21.7 Å². The van der Waals surface area contributed by atoms with Crippen LogP contribution in [0.2, 0.25) is 0 Å². The van der Waals surface area contributed by atoms with Gasteiger partial charge in [0.1, 0.15) is 5.69 Å². The van der Waals surface area contributed by atoms with E-state index in [-0.39, 0.29) is 5.78 Å². The highest BCUT2D eigenvalue weighted by molar-refractivity contribution is 9.10. The maximum absolute atomic E-state index is 11.9. The summed E-state index contributed by atoms with van der Waals surface area (Å²) in [7, 11) is 0. The maximum atomic E-state index is 11.9. The lowest BCUT2D eigenvalue weighted by atomic mass is 10.2. The number of allylic oxidation sites excluding steroid dienone is 1. The summed E-state index contributed by atoms with van der Waals surface area (Å²) in [5, 5.41) is 0. The van der Waals surface area contributed by atoms with Crippen LogP contribution in [0.15, 0.2) is 47.2 Å². The molecule has 0 aromatic carbocycles. The molecule has 0 saturated carbocycles. The fourth-order valence-corrected chi connectivity index (χ4v) is 1.84. The van der Waals surface area contributed by atoms with E-state index in [2.05, 4.69) is 25.9 Å². The molecular weight excluding hydrogens is 292 g/mol. The molecule has 0 aliphatic heterocycles. The van der Waals surface area contributed by atoms with Crippen molar-refractivity contribution >= 4 is 27.8 Å². The first-order valence-corrected chi connectivity index (χ1v) is 6.21. The summed E-state index contributed by atoms with van der Waals surface area (Å²) in [6.45, 7) is 1.86. The third kappa shape index (κ3) is 3.34. The van der Waals surface area contributed by atoms with Gasteiger partial charge in [-0.25, -0.2) is 4.98 Å². The second-order valence-corrected chi connectivity index (χ2v) is 4.71. The van der Waals surface area contributed by atoms with Crippen molar-refractivity contribution in [3.05, 3.63) is 64.2 Å². The fraction of sp³-hybridized carbons (Fsp3) is 0.0714. The van der Waals surface area contributed by atoms with Crippen LogP contribution in [0.3, 0.4) is 0 Å². The lowest BCUT2D eigenvalue weighted by Crippen LogP contribution is -1.98. The Bertz CT molecular complexity index is 608. The van der Waals surface area contributed by atoms with Crippen LogP contribution in [-0.4, -0.2) is 15.8 Å². The molecule has 2 rings (SSSR count). The van der Waals surface area contributed by atoms with E-state index in [1.54, 1.807) is 24.5 Å². The maximum Gasteiger partial charge on any atom is 0.204 e. The molecule has 0 amide bonds. The number of halogens is 1. The minimum Gasteiger partial charge on any atom is -0.288 e. The van der Waals surface area contributed by atoms with E-state index < -0.39 is 0 Å². The zero-order chi connectivity index (χ0) is 13.0. The summed E-state index contributed by atoms with van der Waals surface area (Å²) in [4.78, 5) is 20.1. The number of aryl methyl sites for hydroxylation is 1. The van der Waals surface area contributed by atoms with E-state index in [1.165, 1.54) is 6.08 Å². The molecular formula is C14H11BrN2O. The summed E-state index contributed by atoms with van der Waals surface area (Å²) in [6.07, 6.45) is 6.62. The molecule has 2 aromatic heterocycles. The number of hydrogen-bond donors (Lipinski definition) is 0. The molecule has 4 heteroatoms. The van der Waals surface area contributed by atoms with Gasteiger partial charge in [-0.3, -0.25) is 9.78 Å². The molecule has 0 radical (unpaired) electrons. The van der Waals surface area contributed by atoms with E-state index in [9.17, 15) is 4.79 Å². The van der Waals surface area contributed by atoms with Crippen molar-refractivity contribution in [1.29, 1.82) is 0 Å². The molecule has 0 aliphatic rings. The van der Waals surface area contributed by atoms with Gasteiger partial charge in [0.25, 0.3) is 0 Å². The van der Waals surface area contributed by atoms with Gasteiger partial charge in [0, 0.05) is 22.6 Å². The van der Waals surface area contributed by atoms with Crippen LogP contribution in [-0.2, 0) is 0 Å². The first-order valence-electron chi connectivity index (χ1n) is 5.42. The molecule has 2 aromatic rings. The zero-order valence-corrected chi connectivity index (χ0v) is 11.4. The average Bonchev–Trinajstić information content (AvgIpc) is 2.36. The zero-order valence-electron chi connectivity index (χ0n) is 9.80. The molecule has 0 saturated heterocycles. The summed E-state index contributed by atoms with van der Waals surface area (Å²) >= 11 is 3.33. The number of aromatic nitrogens is 2. The number of ketones is 1. The Hall–Kier alpha value is -1.81. The fourth-order valence-electron chi connectivity index (χ4n) is 1.46. The van der Waals surface area contributed by atoms with Crippen molar-refractivity contribution in [3.8, 4) is 0 Å². The molecule has 0 N–H and O–H groups in total. The predicted molar refractivity (Wildman–Crippen MR) is 74.3 cm³/mol. The second kappa shape index (κ2) is 5.69. The first-order chi connectivity index (χ1) is 8.65. The van der Waals surface area contributed by atoms with Gasteiger partial charge in [0.2, 0.25) is 5.78 Å². The van der Waals surface area contributed by atoms with Crippen molar-refractivity contribution < 1.29 is 4.79 Å². The molecule has 3 nitrogen and oxygen atoms in total. The predicted octanol–water partition coefficient (Wildman–Crippen LogP) is 3.44. The Balaban J connectivity index is 2.17. The van der Waals surface area contributed by atoms with Crippen LogP contribution < -0.4 is 0 Å². The molecule has 0 unspecified atom stereocenters. The van der Waals surface area contributed by atoms with E-state index in [1.807, 2.05) is 25.1 Å². The van der Waals surface area contributed by atoms with Crippen LogP contribution in [0.5, 0.6) is 0 Å². The Kier molecular flexibility index (Phi) is 3.99. The minimum absolute atomic E-state index is 0.112. The summed E-state index contributed by atoms with van der Waals surface area (Å²) in [6, 6.07) is 7.28. The van der Waals surface area contributed by atoms with Crippen molar-refractivity contribution in [1.82, 2.24) is 9.97 Å². The van der Waals surface area contributed by atoms with Gasteiger partial charge in [-0.15, -0.1) is 0 Å². The Morgan fingerprint density at radius 2 is 2.17 bits per heavy atom. The number of carbonyl (C=O) groups is 1. The Labute approximate surface area is 114 Å². The Morgan fingerprint density at radius 1 is 1.33 bits per heavy atom. The van der Waals surface area contributed by atoms with Crippen LogP contribution in [0.25, 0.3) is 6.08 Å². The number of rotatable bonds is 3. The van der Waals surface area contributed by atoms with Crippen molar-refractivity contribution in [2.45, 2.75) is 6.92 Å². The molecule has 0 atom stereocenters. The summed E-state index contributed by atoms with van der Waals surface area (Å²) < 4.78 is 0.880. The van der Waals surface area contributed by atoms with Crippen molar-refractivity contribution in [2.24, 2.45) is 0 Å². The third-order valence-electron chi connectivity index (χ3n) is 2.29. The monoisotopic (exact) mass is 302 g/mol. The highest BCUT2D eigenvalue weighted by Gasteiger charge is 2.02. The minimum atomic E-state index is -0.112. The lowest BCUT2D eigenvalue weighted by Gasteiger charge is -1.97. The number of nitrogens with zero attached hydrogens (tertiary/aromatic N) is 2. The highest BCUT2D eigenvalue weighted by Crippen LogP contribution is 2.11.